The summed E-state index contributed by atoms with van der Waals surface area (Å²) in [6.07, 6.45) is 0. The maximum atomic E-state index is 7.72. The lowest BCUT2D eigenvalue weighted by Gasteiger charge is -2.51. The van der Waals surface area contributed by atoms with Crippen molar-refractivity contribution in [3.8, 4) is 0 Å². The van der Waals surface area contributed by atoms with Crippen molar-refractivity contribution in [2.24, 2.45) is 0 Å². The number of rotatable bonds is 26. The predicted octanol–water partition coefficient (Wildman–Crippen LogP) is 7.10. The Morgan fingerprint density at radius 3 is 0.805 bits per heavy atom. The van der Waals surface area contributed by atoms with Crippen molar-refractivity contribution in [2.45, 2.75) is 116 Å². The maximum absolute atomic E-state index is 7.72. The van der Waals surface area contributed by atoms with Gasteiger partial charge >= 0.3 is 34.2 Å². The molecule has 0 aliphatic carbocycles. The minimum absolute atomic E-state index is 0.129. The van der Waals surface area contributed by atoms with Gasteiger partial charge in [-0.2, -0.15) is 0 Å². The second kappa shape index (κ2) is 20.5. The van der Waals surface area contributed by atoms with Crippen LogP contribution in [0.5, 0.6) is 0 Å². The van der Waals surface area contributed by atoms with Crippen LogP contribution in [0, 0.1) is 0 Å². The van der Waals surface area contributed by atoms with E-state index in [1.54, 1.807) is 28.4 Å². The quantitative estimate of drug-likeness (QED) is 0.0904. The van der Waals surface area contributed by atoms with Gasteiger partial charge in [-0.3, -0.25) is 0 Å². The second-order valence-electron chi connectivity index (χ2n) is 12.0. The lowest BCUT2D eigenvalue weighted by atomic mass is 10.6. The van der Waals surface area contributed by atoms with E-state index in [-0.39, 0.29) is 22.2 Å². The topological polar surface area (TPSA) is 83.1 Å². The standard InChI is InChI=1S/C28H66O9Si4/c1-15-33-38(25(3)4,21-17-29-11)35-40(27(7)8,23-19-31-13)37-41(28(9)10,24-20-32-14)36-39(26(5)6,34-16-2)22-18-30-12/h25-28H,15-24H2,1-14H3. The summed E-state index contributed by atoms with van der Waals surface area (Å²) in [5, 5.41) is 0. The van der Waals surface area contributed by atoms with Gasteiger partial charge in [0.1, 0.15) is 0 Å². The highest BCUT2D eigenvalue weighted by Crippen LogP contribution is 2.45. The summed E-state index contributed by atoms with van der Waals surface area (Å²) in [6.45, 7) is 25.2. The largest absolute Gasteiger partial charge is 0.415 e. The zero-order chi connectivity index (χ0) is 31.7. The van der Waals surface area contributed by atoms with Gasteiger partial charge in [0, 0.05) is 92.3 Å². The molecule has 0 aliphatic heterocycles. The third-order valence-corrected chi connectivity index (χ3v) is 28.4. The molecule has 0 aromatic heterocycles. The zero-order valence-electron chi connectivity index (χ0n) is 29.1. The van der Waals surface area contributed by atoms with Crippen LogP contribution in [0.4, 0.5) is 0 Å². The Kier molecular flexibility index (Phi) is 20.8. The smallest absolute Gasteiger partial charge is 0.334 e. The molecular formula is C28H66O9Si4. The Bertz CT molecular complexity index is 622. The maximum Gasteiger partial charge on any atom is 0.334 e. The molecule has 0 saturated carbocycles. The number of methoxy groups -OCH3 is 4. The third kappa shape index (κ3) is 12.1. The molecule has 13 heteroatoms. The van der Waals surface area contributed by atoms with E-state index >= 15 is 0 Å². The summed E-state index contributed by atoms with van der Waals surface area (Å²) in [6, 6.07) is 2.84. The van der Waals surface area contributed by atoms with Crippen molar-refractivity contribution in [1.82, 2.24) is 0 Å². The monoisotopic (exact) mass is 658 g/mol. The van der Waals surface area contributed by atoms with Crippen molar-refractivity contribution < 1.29 is 40.1 Å². The molecule has 0 radical (unpaired) electrons. The molecule has 0 aliphatic rings. The van der Waals surface area contributed by atoms with Crippen molar-refractivity contribution in [2.75, 3.05) is 68.1 Å². The Morgan fingerprint density at radius 2 is 0.610 bits per heavy atom. The van der Waals surface area contributed by atoms with Crippen LogP contribution in [-0.2, 0) is 40.1 Å². The van der Waals surface area contributed by atoms with Crippen LogP contribution in [0.2, 0.25) is 46.3 Å². The fourth-order valence-corrected chi connectivity index (χ4v) is 28.0. The molecule has 0 rings (SSSR count). The summed E-state index contributed by atoms with van der Waals surface area (Å²) in [5.41, 5.74) is 0.672. The summed E-state index contributed by atoms with van der Waals surface area (Å²) in [5.74, 6) is 0. The van der Waals surface area contributed by atoms with Crippen LogP contribution >= 0.6 is 0 Å². The van der Waals surface area contributed by atoms with Gasteiger partial charge in [-0.1, -0.05) is 55.4 Å². The van der Waals surface area contributed by atoms with Gasteiger partial charge in [-0.15, -0.1) is 0 Å². The Balaban J connectivity index is 7.32. The first-order valence-electron chi connectivity index (χ1n) is 15.6. The van der Waals surface area contributed by atoms with Crippen LogP contribution in [0.3, 0.4) is 0 Å². The highest BCUT2D eigenvalue weighted by molar-refractivity contribution is 6.91. The molecule has 0 amide bonds. The predicted molar refractivity (Wildman–Crippen MR) is 177 cm³/mol. The van der Waals surface area contributed by atoms with E-state index in [1.807, 2.05) is 13.8 Å². The van der Waals surface area contributed by atoms with E-state index in [4.69, 9.17) is 40.1 Å². The Labute approximate surface area is 257 Å². The van der Waals surface area contributed by atoms with Crippen molar-refractivity contribution in [3.63, 3.8) is 0 Å². The van der Waals surface area contributed by atoms with Gasteiger partial charge < -0.3 is 40.1 Å². The highest BCUT2D eigenvalue weighted by atomic mass is 28.5. The molecule has 0 saturated heterocycles. The minimum Gasteiger partial charge on any atom is -0.415 e. The van der Waals surface area contributed by atoms with Crippen molar-refractivity contribution >= 4 is 34.2 Å². The average Bonchev–Trinajstić information content (AvgIpc) is 2.91. The van der Waals surface area contributed by atoms with Crippen molar-refractivity contribution in [3.05, 3.63) is 0 Å². The highest BCUT2D eigenvalue weighted by Gasteiger charge is 2.60. The first-order valence-corrected chi connectivity index (χ1v) is 24.0. The van der Waals surface area contributed by atoms with Gasteiger partial charge in [0.25, 0.3) is 0 Å². The average molecular weight is 659 g/mol. The summed E-state index contributed by atoms with van der Waals surface area (Å²) >= 11 is 0. The van der Waals surface area contributed by atoms with E-state index in [9.17, 15) is 0 Å². The molecule has 0 aromatic rings. The summed E-state index contributed by atoms with van der Waals surface area (Å²) in [7, 11) is -4.68. The van der Waals surface area contributed by atoms with E-state index in [0.29, 0.717) is 51.7 Å². The first-order chi connectivity index (χ1) is 19.3. The van der Waals surface area contributed by atoms with E-state index in [1.165, 1.54) is 0 Å². The van der Waals surface area contributed by atoms with Crippen LogP contribution in [0.25, 0.3) is 0 Å². The number of hydrogen-bond donors (Lipinski definition) is 0. The molecule has 41 heavy (non-hydrogen) atoms. The minimum atomic E-state index is -3.04. The zero-order valence-corrected chi connectivity index (χ0v) is 33.1. The van der Waals surface area contributed by atoms with E-state index < -0.39 is 34.2 Å². The van der Waals surface area contributed by atoms with Gasteiger partial charge in [0.15, 0.2) is 0 Å². The molecule has 0 aromatic carbocycles. The molecule has 0 N–H and O–H groups in total. The van der Waals surface area contributed by atoms with Crippen LogP contribution in [0.15, 0.2) is 0 Å². The van der Waals surface area contributed by atoms with Gasteiger partial charge in [0.2, 0.25) is 0 Å². The van der Waals surface area contributed by atoms with Gasteiger partial charge in [0.05, 0.1) is 0 Å². The SMILES string of the molecule is CCO[Si](CCOC)(O[Si](CCOC)(O[Si](CCOC)(O[Si](CCOC)(OCC)C(C)C)C(C)C)C(C)C)C(C)C. The Morgan fingerprint density at radius 1 is 0.390 bits per heavy atom. The van der Waals surface area contributed by atoms with Crippen molar-refractivity contribution in [1.29, 1.82) is 0 Å². The molecule has 0 bridgehead atoms. The molecule has 4 atom stereocenters. The fraction of sp³-hybridized carbons (Fsp3) is 1.00. The molecule has 0 fully saturated rings. The second-order valence-corrected chi connectivity index (χ2v) is 28.1. The van der Waals surface area contributed by atoms with Crippen LogP contribution in [0.1, 0.15) is 69.2 Å². The van der Waals surface area contributed by atoms with Crippen LogP contribution in [-0.4, -0.2) is 102 Å². The van der Waals surface area contributed by atoms with E-state index in [0.717, 1.165) is 12.1 Å². The molecule has 0 heterocycles. The molecule has 4 unspecified atom stereocenters. The first kappa shape index (κ1) is 41.5. The van der Waals surface area contributed by atoms with Crippen LogP contribution < -0.4 is 0 Å². The van der Waals surface area contributed by atoms with Gasteiger partial charge in [-0.05, 0) is 36.0 Å². The molecule has 248 valence electrons. The van der Waals surface area contributed by atoms with Gasteiger partial charge in [-0.25, -0.2) is 0 Å². The van der Waals surface area contributed by atoms with E-state index in [2.05, 4.69) is 55.4 Å². The summed E-state index contributed by atoms with van der Waals surface area (Å²) in [4.78, 5) is 0. The molecule has 9 nitrogen and oxygen atoms in total. The lowest BCUT2D eigenvalue weighted by Crippen LogP contribution is -2.67. The normalized spacial score (nSPS) is 18.6. The molecular weight excluding hydrogens is 593 g/mol. The summed E-state index contributed by atoms with van der Waals surface area (Å²) < 4.78 is 58.6. The lowest BCUT2D eigenvalue weighted by molar-refractivity contribution is 0.150. The third-order valence-electron chi connectivity index (χ3n) is 7.95. The fourth-order valence-electron chi connectivity index (χ4n) is 5.09. The number of ether oxygens (including phenoxy) is 4. The Hall–Kier alpha value is 0.508. The molecule has 0 spiro atoms. The number of hydrogen-bond acceptors (Lipinski definition) is 9.